The molecule has 106 valence electrons. The predicted octanol–water partition coefficient (Wildman–Crippen LogP) is 1.07. The first-order valence-electron chi connectivity index (χ1n) is 6.91. The Bertz CT molecular complexity index is 787. The Hall–Kier alpha value is -2.57. The van der Waals surface area contributed by atoms with Crippen molar-refractivity contribution in [1.82, 2.24) is 29.9 Å². The van der Waals surface area contributed by atoms with Gasteiger partial charge in [0.25, 0.3) is 0 Å². The van der Waals surface area contributed by atoms with Crippen molar-refractivity contribution in [2.45, 2.75) is 12.8 Å². The van der Waals surface area contributed by atoms with Crippen molar-refractivity contribution in [1.29, 1.82) is 0 Å². The van der Waals surface area contributed by atoms with E-state index in [0.29, 0.717) is 5.92 Å². The summed E-state index contributed by atoms with van der Waals surface area (Å²) in [7, 11) is 1.91. The molecule has 0 aromatic carbocycles. The van der Waals surface area contributed by atoms with Crippen LogP contribution >= 0.6 is 0 Å². The second-order valence-corrected chi connectivity index (χ2v) is 5.37. The first-order valence-corrected chi connectivity index (χ1v) is 6.91. The van der Waals surface area contributed by atoms with Gasteiger partial charge in [0.15, 0.2) is 11.5 Å². The molecule has 0 amide bonds. The number of aryl methyl sites for hydroxylation is 2. The summed E-state index contributed by atoms with van der Waals surface area (Å²) < 4.78 is 1.80. The van der Waals surface area contributed by atoms with E-state index >= 15 is 0 Å². The zero-order chi connectivity index (χ0) is 14.4. The topological polar surface area (TPSA) is 72.6 Å². The second-order valence-electron chi connectivity index (χ2n) is 5.37. The third kappa shape index (κ3) is 1.93. The lowest BCUT2D eigenvalue weighted by atomic mass is 9.96. The fraction of sp³-hybridized carbons (Fsp3) is 0.357. The molecule has 4 rings (SSSR count). The van der Waals surface area contributed by atoms with E-state index in [1.165, 1.54) is 0 Å². The summed E-state index contributed by atoms with van der Waals surface area (Å²) in [5, 5.41) is 12.9. The molecule has 0 radical (unpaired) electrons. The van der Waals surface area contributed by atoms with Crippen LogP contribution in [0.4, 0.5) is 5.82 Å². The molecule has 0 spiro atoms. The van der Waals surface area contributed by atoms with E-state index in [4.69, 9.17) is 0 Å². The molecule has 3 aromatic rings. The second kappa shape index (κ2) is 4.47. The van der Waals surface area contributed by atoms with E-state index in [9.17, 15) is 0 Å². The number of nitrogens with zero attached hydrogens (tertiary/aromatic N) is 7. The molecule has 4 heterocycles. The maximum absolute atomic E-state index is 4.58. The lowest BCUT2D eigenvalue weighted by Crippen LogP contribution is -2.45. The highest BCUT2D eigenvalue weighted by atomic mass is 15.3. The molecule has 1 fully saturated rings. The molecule has 1 aliphatic heterocycles. The zero-order valence-corrected chi connectivity index (χ0v) is 11.9. The van der Waals surface area contributed by atoms with Crippen molar-refractivity contribution < 1.29 is 0 Å². The summed E-state index contributed by atoms with van der Waals surface area (Å²) >= 11 is 0. The summed E-state index contributed by atoms with van der Waals surface area (Å²) in [6.45, 7) is 3.72. The van der Waals surface area contributed by atoms with Crippen LogP contribution in [0, 0.1) is 6.92 Å². The van der Waals surface area contributed by atoms with E-state index in [2.05, 4.69) is 30.2 Å². The van der Waals surface area contributed by atoms with Crippen LogP contribution in [0.25, 0.3) is 11.2 Å². The van der Waals surface area contributed by atoms with Crippen molar-refractivity contribution in [3.8, 4) is 0 Å². The molecular formula is C14H15N7. The Kier molecular flexibility index (Phi) is 2.60. The molecule has 0 bridgehead atoms. The molecule has 0 saturated carbocycles. The maximum atomic E-state index is 4.58. The first kappa shape index (κ1) is 12.2. The molecule has 1 saturated heterocycles. The monoisotopic (exact) mass is 281 g/mol. The fourth-order valence-electron chi connectivity index (χ4n) is 2.68. The molecule has 7 heteroatoms. The minimum Gasteiger partial charge on any atom is -0.354 e. The van der Waals surface area contributed by atoms with Gasteiger partial charge in [0.1, 0.15) is 5.52 Å². The standard InChI is InChI=1S/C14H15N7/c1-9-3-4-11(18-17-9)21-7-10(8-21)12-13-14(20(2)19-12)16-6-5-15-13/h3-6,10H,7-8H2,1-2H3. The van der Waals surface area contributed by atoms with Crippen molar-refractivity contribution in [2.75, 3.05) is 18.0 Å². The van der Waals surface area contributed by atoms with Crippen LogP contribution in [0.2, 0.25) is 0 Å². The molecule has 21 heavy (non-hydrogen) atoms. The minimum absolute atomic E-state index is 0.369. The molecule has 0 aliphatic carbocycles. The Balaban J connectivity index is 1.58. The van der Waals surface area contributed by atoms with Crippen LogP contribution in [0.3, 0.4) is 0 Å². The average molecular weight is 281 g/mol. The number of anilines is 1. The smallest absolute Gasteiger partial charge is 0.176 e. The van der Waals surface area contributed by atoms with E-state index in [0.717, 1.165) is 41.5 Å². The summed E-state index contributed by atoms with van der Waals surface area (Å²) in [6, 6.07) is 3.99. The zero-order valence-electron chi connectivity index (χ0n) is 11.9. The van der Waals surface area contributed by atoms with Gasteiger partial charge in [0.2, 0.25) is 0 Å². The minimum atomic E-state index is 0.369. The summed E-state index contributed by atoms with van der Waals surface area (Å²) in [5.74, 6) is 1.29. The third-order valence-corrected chi connectivity index (χ3v) is 3.86. The SMILES string of the molecule is Cc1ccc(N2CC(c3nn(C)c4nccnc34)C2)nn1. The van der Waals surface area contributed by atoms with Gasteiger partial charge in [0, 0.05) is 38.4 Å². The van der Waals surface area contributed by atoms with Crippen molar-refractivity contribution >= 4 is 17.0 Å². The Morgan fingerprint density at radius 3 is 2.67 bits per heavy atom. The summed E-state index contributed by atoms with van der Waals surface area (Å²) in [5.41, 5.74) is 3.69. The van der Waals surface area contributed by atoms with Gasteiger partial charge >= 0.3 is 0 Å². The molecular weight excluding hydrogens is 266 g/mol. The molecule has 3 aromatic heterocycles. The lowest BCUT2D eigenvalue weighted by Gasteiger charge is -2.38. The van der Waals surface area contributed by atoms with Gasteiger partial charge in [-0.3, -0.25) is 0 Å². The van der Waals surface area contributed by atoms with Crippen LogP contribution in [0.15, 0.2) is 24.5 Å². The maximum Gasteiger partial charge on any atom is 0.176 e. The van der Waals surface area contributed by atoms with E-state index in [1.54, 1.807) is 17.1 Å². The highest BCUT2D eigenvalue weighted by Gasteiger charge is 2.33. The summed E-state index contributed by atoms with van der Waals surface area (Å²) in [4.78, 5) is 11.0. The third-order valence-electron chi connectivity index (χ3n) is 3.86. The number of hydrogen-bond acceptors (Lipinski definition) is 6. The summed E-state index contributed by atoms with van der Waals surface area (Å²) in [6.07, 6.45) is 3.41. The molecule has 0 atom stereocenters. The fourth-order valence-corrected chi connectivity index (χ4v) is 2.68. The van der Waals surface area contributed by atoms with Gasteiger partial charge in [-0.1, -0.05) is 0 Å². The lowest BCUT2D eigenvalue weighted by molar-refractivity contribution is 0.502. The molecule has 0 N–H and O–H groups in total. The number of hydrogen-bond donors (Lipinski definition) is 0. The highest BCUT2D eigenvalue weighted by molar-refractivity contribution is 5.74. The number of aromatic nitrogens is 6. The Morgan fingerprint density at radius 2 is 1.90 bits per heavy atom. The number of fused-ring (bicyclic) bond motifs is 1. The van der Waals surface area contributed by atoms with Crippen LogP contribution in [0.1, 0.15) is 17.3 Å². The van der Waals surface area contributed by atoms with Gasteiger partial charge < -0.3 is 4.90 Å². The van der Waals surface area contributed by atoms with Crippen LogP contribution in [-0.2, 0) is 7.05 Å². The average Bonchev–Trinajstić information content (AvgIpc) is 2.77. The van der Waals surface area contributed by atoms with Crippen molar-refractivity contribution in [3.63, 3.8) is 0 Å². The molecule has 7 nitrogen and oxygen atoms in total. The Labute approximate surface area is 121 Å². The van der Waals surface area contributed by atoms with Crippen molar-refractivity contribution in [3.05, 3.63) is 35.9 Å². The van der Waals surface area contributed by atoms with Gasteiger partial charge in [-0.05, 0) is 19.1 Å². The quantitative estimate of drug-likeness (QED) is 0.699. The van der Waals surface area contributed by atoms with Crippen molar-refractivity contribution in [2.24, 2.45) is 7.05 Å². The van der Waals surface area contributed by atoms with E-state index in [1.807, 2.05) is 26.1 Å². The van der Waals surface area contributed by atoms with E-state index < -0.39 is 0 Å². The van der Waals surface area contributed by atoms with Crippen LogP contribution < -0.4 is 4.90 Å². The molecule has 0 unspecified atom stereocenters. The van der Waals surface area contributed by atoms with Crippen LogP contribution in [-0.4, -0.2) is 43.0 Å². The van der Waals surface area contributed by atoms with Gasteiger partial charge in [-0.25, -0.2) is 14.6 Å². The predicted molar refractivity (Wildman–Crippen MR) is 78.0 cm³/mol. The van der Waals surface area contributed by atoms with Gasteiger partial charge in [-0.15, -0.1) is 5.10 Å². The van der Waals surface area contributed by atoms with Gasteiger partial charge in [0.05, 0.1) is 11.4 Å². The Morgan fingerprint density at radius 1 is 1.10 bits per heavy atom. The van der Waals surface area contributed by atoms with E-state index in [-0.39, 0.29) is 0 Å². The normalized spacial score (nSPS) is 15.4. The van der Waals surface area contributed by atoms with Crippen LogP contribution in [0.5, 0.6) is 0 Å². The number of rotatable bonds is 2. The molecule has 1 aliphatic rings. The van der Waals surface area contributed by atoms with Gasteiger partial charge in [-0.2, -0.15) is 10.2 Å². The highest BCUT2D eigenvalue weighted by Crippen LogP contribution is 2.32. The first-order chi connectivity index (χ1) is 10.2. The largest absolute Gasteiger partial charge is 0.354 e.